The van der Waals surface area contributed by atoms with Crippen LogP contribution in [-0.2, 0) is 9.53 Å². The van der Waals surface area contributed by atoms with Gasteiger partial charge in [0.15, 0.2) is 0 Å². The molecule has 4 aromatic carbocycles. The van der Waals surface area contributed by atoms with Gasteiger partial charge in [-0.3, -0.25) is 14.7 Å². The Kier molecular flexibility index (Phi) is 10.3. The van der Waals surface area contributed by atoms with Crippen LogP contribution in [0.3, 0.4) is 0 Å². The fourth-order valence-electron chi connectivity index (χ4n) is 8.01. The zero-order valence-electron chi connectivity index (χ0n) is 30.6. The summed E-state index contributed by atoms with van der Waals surface area (Å²) in [6, 6.07) is 33.5. The van der Waals surface area contributed by atoms with Gasteiger partial charge in [-0.1, -0.05) is 74.5 Å². The molecule has 0 aliphatic carbocycles. The zero-order chi connectivity index (χ0) is 36.1. The lowest BCUT2D eigenvalue weighted by Gasteiger charge is -2.35. The van der Waals surface area contributed by atoms with Crippen LogP contribution < -0.4 is 15.5 Å². The van der Waals surface area contributed by atoms with E-state index in [1.54, 1.807) is 6.33 Å². The number of amides is 1. The summed E-state index contributed by atoms with van der Waals surface area (Å²) in [7, 11) is 0. The van der Waals surface area contributed by atoms with Crippen molar-refractivity contribution in [1.29, 1.82) is 0 Å². The lowest BCUT2D eigenvalue weighted by atomic mass is 9.99. The van der Waals surface area contributed by atoms with Gasteiger partial charge in [0.25, 0.3) is 0 Å². The van der Waals surface area contributed by atoms with Crippen LogP contribution in [0.2, 0.25) is 0 Å². The molecule has 0 saturated carbocycles. The Morgan fingerprint density at radius 3 is 2.42 bits per heavy atom. The summed E-state index contributed by atoms with van der Waals surface area (Å²) in [4.78, 5) is 35.1. The summed E-state index contributed by atoms with van der Waals surface area (Å²) in [5.74, 6) is 1.88. The van der Waals surface area contributed by atoms with Crippen molar-refractivity contribution in [2.45, 2.75) is 44.8 Å². The highest BCUT2D eigenvalue weighted by atomic mass is 16.5. The number of aromatic nitrogens is 2. The normalized spacial score (nSPS) is 19.3. The Bertz CT molecular complexity index is 2040. The molecular weight excluding hydrogens is 661 g/mol. The molecule has 3 aliphatic heterocycles. The monoisotopic (exact) mass is 708 g/mol. The van der Waals surface area contributed by atoms with Gasteiger partial charge in [-0.15, -0.1) is 0 Å². The van der Waals surface area contributed by atoms with E-state index < -0.39 is 0 Å². The Balaban J connectivity index is 0.947. The maximum absolute atomic E-state index is 14.2. The van der Waals surface area contributed by atoms with Crippen LogP contribution in [0.4, 0.5) is 17.2 Å². The summed E-state index contributed by atoms with van der Waals surface area (Å²) in [5.41, 5.74) is 7.52. The highest BCUT2D eigenvalue weighted by Gasteiger charge is 2.40. The number of nitrogens with zero attached hydrogens (tertiary/aromatic N) is 6. The number of benzene rings is 4. The van der Waals surface area contributed by atoms with Gasteiger partial charge in [0, 0.05) is 36.4 Å². The van der Waals surface area contributed by atoms with Crippen LogP contribution in [0, 0.1) is 0 Å². The second-order valence-corrected chi connectivity index (χ2v) is 14.0. The summed E-state index contributed by atoms with van der Waals surface area (Å²) in [6.07, 6.45) is 3.51. The first kappa shape index (κ1) is 34.7. The van der Waals surface area contributed by atoms with Gasteiger partial charge in [0.1, 0.15) is 24.0 Å². The van der Waals surface area contributed by atoms with Crippen molar-refractivity contribution >= 4 is 39.8 Å². The van der Waals surface area contributed by atoms with E-state index in [1.807, 2.05) is 18.2 Å². The van der Waals surface area contributed by atoms with Crippen LogP contribution in [0.25, 0.3) is 22.0 Å². The summed E-state index contributed by atoms with van der Waals surface area (Å²) < 4.78 is 5.51. The predicted molar refractivity (Wildman–Crippen MR) is 213 cm³/mol. The van der Waals surface area contributed by atoms with Gasteiger partial charge >= 0.3 is 0 Å². The predicted octanol–water partition coefficient (Wildman–Crippen LogP) is 6.99. The number of amidine groups is 1. The minimum atomic E-state index is -0.294. The van der Waals surface area contributed by atoms with Crippen molar-refractivity contribution in [1.82, 2.24) is 25.1 Å². The molecule has 10 nitrogen and oxygen atoms in total. The van der Waals surface area contributed by atoms with E-state index >= 15 is 0 Å². The van der Waals surface area contributed by atoms with E-state index in [0.717, 1.165) is 104 Å². The number of likely N-dealkylation sites (tertiary alicyclic amines) is 1. The standard InChI is InChI=1S/C43H48N8O2/c1-3-49(4-2)40(32-9-6-5-7-10-32)43(52)51-22-8-11-39(51)42-44-28-38(48-42)31-14-12-30(13-15-31)33-16-21-37-36(27-33)41(46-29-45-37)47-34-17-19-35(20-18-34)50-23-25-53-26-24-50/h5-7,9-10,12-21,27,29,38-40H,3-4,8,11,22-26,28H2,1-2H3,(H,44,48)(H,45,46,47)/t38?,39-,40+/m0/s1. The van der Waals surface area contributed by atoms with Crippen molar-refractivity contribution < 1.29 is 9.53 Å². The molecule has 2 fully saturated rings. The Hall–Kier alpha value is -5.32. The van der Waals surface area contributed by atoms with E-state index in [0.29, 0.717) is 6.54 Å². The van der Waals surface area contributed by atoms with Crippen LogP contribution in [-0.4, -0.2) is 90.0 Å². The number of carbonyl (C=O) groups excluding carboxylic acids is 1. The number of ether oxygens (including phenoxy) is 1. The first-order chi connectivity index (χ1) is 26.1. The van der Waals surface area contributed by atoms with Crippen molar-refractivity contribution in [3.8, 4) is 11.1 Å². The molecule has 1 aromatic heterocycles. The summed E-state index contributed by atoms with van der Waals surface area (Å²) in [6.45, 7) is 10.6. The number of anilines is 3. The minimum absolute atomic E-state index is 0.0288. The molecule has 272 valence electrons. The van der Waals surface area contributed by atoms with E-state index in [-0.39, 0.29) is 24.0 Å². The lowest BCUT2D eigenvalue weighted by Crippen LogP contribution is -2.49. The molecule has 8 rings (SSSR count). The molecule has 10 heteroatoms. The molecule has 4 heterocycles. The van der Waals surface area contributed by atoms with Gasteiger partial charge in [-0.25, -0.2) is 9.97 Å². The highest BCUT2D eigenvalue weighted by Crippen LogP contribution is 2.33. The van der Waals surface area contributed by atoms with Gasteiger partial charge < -0.3 is 25.2 Å². The third-order valence-electron chi connectivity index (χ3n) is 10.9. The molecule has 5 aromatic rings. The van der Waals surface area contributed by atoms with Crippen molar-refractivity contribution in [3.63, 3.8) is 0 Å². The van der Waals surface area contributed by atoms with Crippen molar-refractivity contribution in [2.75, 3.05) is 62.7 Å². The van der Waals surface area contributed by atoms with Crippen molar-refractivity contribution in [3.05, 3.63) is 115 Å². The average molecular weight is 709 g/mol. The molecule has 2 saturated heterocycles. The second kappa shape index (κ2) is 15.7. The van der Waals surface area contributed by atoms with Gasteiger partial charge in [0.05, 0.1) is 37.4 Å². The summed E-state index contributed by atoms with van der Waals surface area (Å²) in [5, 5.41) is 8.20. The van der Waals surface area contributed by atoms with E-state index in [9.17, 15) is 4.79 Å². The number of fused-ring (bicyclic) bond motifs is 1. The topological polar surface area (TPSA) is 98.2 Å². The number of likely N-dealkylation sites (N-methyl/N-ethyl adjacent to an activating group) is 1. The van der Waals surface area contributed by atoms with Crippen LogP contribution in [0.1, 0.15) is 49.9 Å². The molecular formula is C43H48N8O2. The van der Waals surface area contributed by atoms with Crippen LogP contribution in [0.5, 0.6) is 0 Å². The van der Waals surface area contributed by atoms with Gasteiger partial charge in [-0.2, -0.15) is 0 Å². The molecule has 0 radical (unpaired) electrons. The van der Waals surface area contributed by atoms with E-state index in [1.165, 1.54) is 11.3 Å². The number of morpholine rings is 1. The van der Waals surface area contributed by atoms with Gasteiger partial charge in [0.2, 0.25) is 5.91 Å². The number of carbonyl (C=O) groups is 1. The van der Waals surface area contributed by atoms with Crippen LogP contribution in [0.15, 0.2) is 108 Å². The highest BCUT2D eigenvalue weighted by molar-refractivity contribution is 5.95. The Labute approximate surface area is 311 Å². The molecule has 1 unspecified atom stereocenters. The fourth-order valence-corrected chi connectivity index (χ4v) is 8.01. The molecule has 3 atom stereocenters. The van der Waals surface area contributed by atoms with Crippen LogP contribution >= 0.6 is 0 Å². The summed E-state index contributed by atoms with van der Waals surface area (Å²) >= 11 is 0. The van der Waals surface area contributed by atoms with Crippen molar-refractivity contribution in [2.24, 2.45) is 4.99 Å². The number of nitrogens with one attached hydrogen (secondary N) is 2. The maximum Gasteiger partial charge on any atom is 0.245 e. The Morgan fingerprint density at radius 1 is 0.906 bits per heavy atom. The minimum Gasteiger partial charge on any atom is -0.378 e. The SMILES string of the molecule is CCN(CC)[C@@H](C(=O)N1CCC[C@H]1C1=NCC(c2ccc(-c3ccc4ncnc(Nc5ccc(N6CCOCC6)cc5)c4c3)cc2)N1)c1ccccc1. The number of hydrogen-bond acceptors (Lipinski definition) is 9. The maximum atomic E-state index is 14.2. The average Bonchev–Trinajstić information content (AvgIpc) is 3.92. The number of hydrogen-bond donors (Lipinski definition) is 2. The quantitative estimate of drug-likeness (QED) is 0.152. The smallest absolute Gasteiger partial charge is 0.245 e. The third-order valence-corrected chi connectivity index (χ3v) is 10.9. The third kappa shape index (κ3) is 7.34. The molecule has 0 spiro atoms. The van der Waals surface area contributed by atoms with E-state index in [4.69, 9.17) is 9.73 Å². The molecule has 1 amide bonds. The fraction of sp³-hybridized carbons (Fsp3) is 0.349. The molecule has 53 heavy (non-hydrogen) atoms. The van der Waals surface area contributed by atoms with E-state index in [2.05, 4.69) is 128 Å². The first-order valence-electron chi connectivity index (χ1n) is 19.0. The Morgan fingerprint density at radius 2 is 1.66 bits per heavy atom. The molecule has 2 N–H and O–H groups in total. The zero-order valence-corrected chi connectivity index (χ0v) is 30.6. The van der Waals surface area contributed by atoms with Gasteiger partial charge in [-0.05, 0) is 84.6 Å². The number of rotatable bonds is 11. The largest absolute Gasteiger partial charge is 0.378 e. The molecule has 3 aliphatic rings. The first-order valence-corrected chi connectivity index (χ1v) is 19.0. The second-order valence-electron chi connectivity index (χ2n) is 14.0. The number of aliphatic imine (C=N–C) groups is 1. The lowest BCUT2D eigenvalue weighted by molar-refractivity contribution is -0.137. The molecule has 0 bridgehead atoms.